The number of carboxylic acids is 1. The summed E-state index contributed by atoms with van der Waals surface area (Å²) in [5.41, 5.74) is 0.207. The lowest BCUT2D eigenvalue weighted by Gasteiger charge is -2.28. The summed E-state index contributed by atoms with van der Waals surface area (Å²) < 4.78 is 21.8. The summed E-state index contributed by atoms with van der Waals surface area (Å²) >= 11 is 0. The Bertz CT molecular complexity index is 1210. The van der Waals surface area contributed by atoms with E-state index in [1.807, 2.05) is 0 Å². The van der Waals surface area contributed by atoms with Gasteiger partial charge in [0.05, 0.1) is 25.5 Å². The second-order valence-corrected chi connectivity index (χ2v) is 7.28. The van der Waals surface area contributed by atoms with Crippen molar-refractivity contribution in [2.45, 2.75) is 20.8 Å². The van der Waals surface area contributed by atoms with Crippen LogP contribution in [0.15, 0.2) is 42.0 Å². The molecular formula is C25H26N2O9. The fourth-order valence-electron chi connectivity index (χ4n) is 3.39. The Balaban J connectivity index is 2.01. The number of barbiturate groups is 1. The summed E-state index contributed by atoms with van der Waals surface area (Å²) in [6, 6.07) is 8.27. The van der Waals surface area contributed by atoms with Crippen molar-refractivity contribution in [3.8, 4) is 23.0 Å². The minimum atomic E-state index is -1.15. The van der Waals surface area contributed by atoms with Crippen molar-refractivity contribution in [2.24, 2.45) is 0 Å². The zero-order valence-corrected chi connectivity index (χ0v) is 20.0. The van der Waals surface area contributed by atoms with Gasteiger partial charge in [-0.05, 0) is 56.7 Å². The van der Waals surface area contributed by atoms with E-state index >= 15 is 0 Å². The Labute approximate surface area is 207 Å². The summed E-state index contributed by atoms with van der Waals surface area (Å²) in [5.74, 6) is -1.79. The highest BCUT2D eigenvalue weighted by atomic mass is 16.5. The SMILES string of the molecule is CCOc1ccc(OCC)c(N2C(=O)NC(=O)/C(=C\c3ccc(OCC(=O)O)c(OCC)c3)C2=O)c1. The first-order valence-electron chi connectivity index (χ1n) is 11.2. The molecule has 36 heavy (non-hydrogen) atoms. The molecule has 0 aliphatic carbocycles. The molecule has 11 nitrogen and oxygen atoms in total. The Morgan fingerprint density at radius 2 is 1.56 bits per heavy atom. The predicted octanol–water partition coefficient (Wildman–Crippen LogP) is 3.01. The fourth-order valence-corrected chi connectivity index (χ4v) is 3.39. The Hall–Kier alpha value is -4.54. The van der Waals surface area contributed by atoms with Crippen LogP contribution in [0.5, 0.6) is 23.0 Å². The van der Waals surface area contributed by atoms with Gasteiger partial charge in [-0.1, -0.05) is 6.07 Å². The average Bonchev–Trinajstić information content (AvgIpc) is 2.83. The molecule has 11 heteroatoms. The highest BCUT2D eigenvalue weighted by Gasteiger charge is 2.38. The van der Waals surface area contributed by atoms with Crippen LogP contribution in [0.3, 0.4) is 0 Å². The van der Waals surface area contributed by atoms with Crippen LogP contribution in [0.25, 0.3) is 6.08 Å². The van der Waals surface area contributed by atoms with Crippen molar-refractivity contribution < 1.29 is 43.2 Å². The molecular weight excluding hydrogens is 472 g/mol. The molecule has 4 amide bonds. The third kappa shape index (κ3) is 5.93. The Morgan fingerprint density at radius 1 is 0.889 bits per heavy atom. The van der Waals surface area contributed by atoms with Crippen LogP contribution >= 0.6 is 0 Å². The highest BCUT2D eigenvalue weighted by molar-refractivity contribution is 6.39. The fraction of sp³-hybridized carbons (Fsp3) is 0.280. The lowest BCUT2D eigenvalue weighted by Crippen LogP contribution is -2.54. The normalized spacial score (nSPS) is 14.5. The van der Waals surface area contributed by atoms with E-state index in [9.17, 15) is 19.2 Å². The molecule has 0 bridgehead atoms. The Kier molecular flexibility index (Phi) is 8.50. The summed E-state index contributed by atoms with van der Waals surface area (Å²) in [7, 11) is 0. The molecule has 2 aromatic carbocycles. The molecule has 1 fully saturated rings. The minimum absolute atomic E-state index is 0.121. The molecule has 1 heterocycles. The molecule has 0 radical (unpaired) electrons. The van der Waals surface area contributed by atoms with E-state index in [0.717, 1.165) is 4.90 Å². The molecule has 3 rings (SSSR count). The number of imide groups is 2. The quantitative estimate of drug-likeness (QED) is 0.353. The Morgan fingerprint density at radius 3 is 2.22 bits per heavy atom. The molecule has 0 atom stereocenters. The standard InChI is InChI=1S/C25H26N2O9/c1-4-33-16-8-10-19(34-5-2)18(13-16)27-24(31)17(23(30)26-25(27)32)11-15-7-9-20(36-14-22(28)29)21(12-15)35-6-3/h7-13H,4-6,14H2,1-3H3,(H,28,29)(H,26,30,32)/b17-11+. The zero-order chi connectivity index (χ0) is 26.2. The third-order valence-corrected chi connectivity index (χ3v) is 4.81. The molecule has 0 aromatic heterocycles. The zero-order valence-electron chi connectivity index (χ0n) is 20.0. The van der Waals surface area contributed by atoms with Crippen LogP contribution in [-0.2, 0) is 14.4 Å². The van der Waals surface area contributed by atoms with E-state index in [1.165, 1.54) is 30.3 Å². The number of nitrogens with zero attached hydrogens (tertiary/aromatic N) is 1. The van der Waals surface area contributed by atoms with E-state index in [2.05, 4.69) is 5.32 Å². The predicted molar refractivity (Wildman–Crippen MR) is 129 cm³/mol. The van der Waals surface area contributed by atoms with E-state index < -0.39 is 30.4 Å². The first-order chi connectivity index (χ1) is 17.3. The van der Waals surface area contributed by atoms with Gasteiger partial charge in [0.15, 0.2) is 18.1 Å². The number of benzene rings is 2. The monoisotopic (exact) mass is 498 g/mol. The van der Waals surface area contributed by atoms with Gasteiger partial charge in [0.1, 0.15) is 17.1 Å². The number of nitrogens with one attached hydrogen (secondary N) is 1. The topological polar surface area (TPSA) is 141 Å². The van der Waals surface area contributed by atoms with Gasteiger partial charge in [-0.15, -0.1) is 0 Å². The van der Waals surface area contributed by atoms with Gasteiger partial charge in [-0.25, -0.2) is 14.5 Å². The third-order valence-electron chi connectivity index (χ3n) is 4.81. The van der Waals surface area contributed by atoms with Crippen molar-refractivity contribution >= 4 is 35.6 Å². The van der Waals surface area contributed by atoms with Gasteiger partial charge < -0.3 is 24.1 Å². The average molecular weight is 498 g/mol. The number of hydrogen-bond donors (Lipinski definition) is 2. The van der Waals surface area contributed by atoms with Crippen LogP contribution in [0.1, 0.15) is 26.3 Å². The van der Waals surface area contributed by atoms with Crippen LogP contribution in [0.4, 0.5) is 10.5 Å². The first kappa shape index (κ1) is 26.1. The summed E-state index contributed by atoms with van der Waals surface area (Å²) in [6.07, 6.45) is 1.30. The number of ether oxygens (including phenoxy) is 4. The smallest absolute Gasteiger partial charge is 0.341 e. The number of aliphatic carboxylic acids is 1. The number of carbonyl (C=O) groups is 4. The number of carbonyl (C=O) groups excluding carboxylic acids is 3. The first-order valence-corrected chi connectivity index (χ1v) is 11.2. The van der Waals surface area contributed by atoms with Crippen molar-refractivity contribution in [2.75, 3.05) is 31.3 Å². The lowest BCUT2D eigenvalue weighted by atomic mass is 10.1. The lowest BCUT2D eigenvalue weighted by molar-refractivity contribution is -0.139. The number of carboxylic acid groups (broad SMARTS) is 1. The number of anilines is 1. The second-order valence-electron chi connectivity index (χ2n) is 7.28. The summed E-state index contributed by atoms with van der Waals surface area (Å²) in [4.78, 5) is 50.4. The highest BCUT2D eigenvalue weighted by Crippen LogP contribution is 2.35. The maximum absolute atomic E-state index is 13.4. The van der Waals surface area contributed by atoms with Gasteiger partial charge in [0.2, 0.25) is 0 Å². The number of hydrogen-bond acceptors (Lipinski definition) is 8. The summed E-state index contributed by atoms with van der Waals surface area (Å²) in [6.45, 7) is 5.63. The molecule has 2 N–H and O–H groups in total. The molecule has 0 unspecified atom stereocenters. The summed E-state index contributed by atoms with van der Waals surface area (Å²) in [5, 5.41) is 11.0. The largest absolute Gasteiger partial charge is 0.494 e. The van der Waals surface area contributed by atoms with Gasteiger partial charge >= 0.3 is 12.0 Å². The maximum atomic E-state index is 13.4. The molecule has 1 aliphatic heterocycles. The molecule has 1 aliphatic rings. The molecule has 190 valence electrons. The maximum Gasteiger partial charge on any atom is 0.341 e. The van der Waals surface area contributed by atoms with Gasteiger partial charge in [-0.2, -0.15) is 0 Å². The van der Waals surface area contributed by atoms with Crippen molar-refractivity contribution in [3.05, 3.63) is 47.5 Å². The van der Waals surface area contributed by atoms with Gasteiger partial charge in [-0.3, -0.25) is 14.9 Å². The van der Waals surface area contributed by atoms with E-state index in [4.69, 9.17) is 24.1 Å². The van der Waals surface area contributed by atoms with Crippen molar-refractivity contribution in [1.29, 1.82) is 0 Å². The van der Waals surface area contributed by atoms with Gasteiger partial charge in [0, 0.05) is 6.07 Å². The second kappa shape index (κ2) is 11.7. The minimum Gasteiger partial charge on any atom is -0.494 e. The van der Waals surface area contributed by atoms with Crippen LogP contribution in [0.2, 0.25) is 0 Å². The van der Waals surface area contributed by atoms with Crippen LogP contribution in [-0.4, -0.2) is 55.3 Å². The van der Waals surface area contributed by atoms with E-state index in [0.29, 0.717) is 17.9 Å². The molecule has 0 spiro atoms. The van der Waals surface area contributed by atoms with Crippen LogP contribution in [0, 0.1) is 0 Å². The molecule has 2 aromatic rings. The molecule has 1 saturated heterocycles. The van der Waals surface area contributed by atoms with Crippen LogP contribution < -0.4 is 29.2 Å². The van der Waals surface area contributed by atoms with Crippen molar-refractivity contribution in [1.82, 2.24) is 5.32 Å². The van der Waals surface area contributed by atoms with E-state index in [1.54, 1.807) is 32.9 Å². The van der Waals surface area contributed by atoms with Crippen molar-refractivity contribution in [3.63, 3.8) is 0 Å². The van der Waals surface area contributed by atoms with Gasteiger partial charge in [0.25, 0.3) is 11.8 Å². The molecule has 0 saturated carbocycles. The number of urea groups is 1. The number of amides is 4. The van der Waals surface area contributed by atoms with E-state index in [-0.39, 0.29) is 41.7 Å². The number of rotatable bonds is 11.